The summed E-state index contributed by atoms with van der Waals surface area (Å²) in [5.41, 5.74) is 0. The summed E-state index contributed by atoms with van der Waals surface area (Å²) in [5, 5.41) is 2.29. The Morgan fingerprint density at radius 1 is 1.18 bits per heavy atom. The van der Waals surface area contributed by atoms with Gasteiger partial charge in [0, 0.05) is 13.2 Å². The molecule has 122 valence electrons. The molecule has 22 heavy (non-hydrogen) atoms. The molecule has 0 unspecified atom stereocenters. The molecule has 9 heteroatoms. The molecule has 1 rings (SSSR count). The number of methoxy groups -OCH3 is 1. The van der Waals surface area contributed by atoms with Crippen molar-refractivity contribution in [3.8, 4) is 5.88 Å². The van der Waals surface area contributed by atoms with Crippen molar-refractivity contribution in [2.24, 2.45) is 0 Å². The van der Waals surface area contributed by atoms with E-state index in [0.29, 0.717) is 19.8 Å². The minimum Gasteiger partial charge on any atom is -0.475 e. The Bertz CT molecular complexity index is 483. The number of anilines is 1. The Balaban J connectivity index is 2.38. The molecule has 0 aromatic carbocycles. The van der Waals surface area contributed by atoms with E-state index >= 15 is 0 Å². The summed E-state index contributed by atoms with van der Waals surface area (Å²) in [6, 6.07) is 1.40. The molecule has 0 radical (unpaired) electrons. The molecule has 1 heterocycles. The highest BCUT2D eigenvalue weighted by Gasteiger charge is 2.15. The Morgan fingerprint density at radius 3 is 2.68 bits per heavy atom. The van der Waals surface area contributed by atoms with Gasteiger partial charge in [-0.2, -0.15) is 0 Å². The van der Waals surface area contributed by atoms with Crippen molar-refractivity contribution in [1.29, 1.82) is 0 Å². The molecule has 0 fully saturated rings. The van der Waals surface area contributed by atoms with Gasteiger partial charge in [-0.25, -0.2) is 14.8 Å². The number of nitrogens with zero attached hydrogens (tertiary/aromatic N) is 2. The summed E-state index contributed by atoms with van der Waals surface area (Å²) >= 11 is 0. The summed E-state index contributed by atoms with van der Waals surface area (Å²) in [4.78, 5) is 30.3. The zero-order valence-corrected chi connectivity index (χ0v) is 12.5. The Kier molecular flexibility index (Phi) is 8.46. The third-order valence-corrected chi connectivity index (χ3v) is 2.25. The van der Waals surface area contributed by atoms with Crippen molar-refractivity contribution in [2.75, 3.05) is 45.5 Å². The number of amides is 1. The number of esters is 1. The summed E-state index contributed by atoms with van der Waals surface area (Å²) in [6.45, 7) is 3.37. The second-order valence-corrected chi connectivity index (χ2v) is 3.87. The molecule has 0 aliphatic carbocycles. The van der Waals surface area contributed by atoms with Crippen molar-refractivity contribution < 1.29 is 28.5 Å². The first-order valence-electron chi connectivity index (χ1n) is 6.67. The van der Waals surface area contributed by atoms with Crippen molar-refractivity contribution in [2.45, 2.75) is 6.92 Å². The van der Waals surface area contributed by atoms with E-state index in [0.717, 1.165) is 0 Å². The molecule has 0 bridgehead atoms. The number of ether oxygens (including phenoxy) is 4. The maximum absolute atomic E-state index is 11.5. The molecule has 0 aliphatic rings. The van der Waals surface area contributed by atoms with Crippen LogP contribution in [0.2, 0.25) is 0 Å². The summed E-state index contributed by atoms with van der Waals surface area (Å²) in [6.07, 6.45) is 1.21. The minimum atomic E-state index is -0.977. The van der Waals surface area contributed by atoms with Gasteiger partial charge in [-0.1, -0.05) is 0 Å². The summed E-state index contributed by atoms with van der Waals surface area (Å²) in [7, 11) is 1.59. The smallest absolute Gasteiger partial charge is 0.397 e. The fourth-order valence-electron chi connectivity index (χ4n) is 1.30. The zero-order chi connectivity index (χ0) is 16.2. The number of aromatic nitrogens is 2. The summed E-state index contributed by atoms with van der Waals surface area (Å²) in [5.74, 6) is -1.49. The van der Waals surface area contributed by atoms with E-state index in [1.807, 2.05) is 0 Å². The lowest BCUT2D eigenvalue weighted by atomic mass is 10.5. The molecule has 1 amide bonds. The van der Waals surface area contributed by atoms with Crippen molar-refractivity contribution in [3.63, 3.8) is 0 Å². The molecule has 0 atom stereocenters. The minimum absolute atomic E-state index is 0.119. The van der Waals surface area contributed by atoms with E-state index in [2.05, 4.69) is 20.0 Å². The lowest BCUT2D eigenvalue weighted by Crippen LogP contribution is -2.25. The molecule has 1 N–H and O–H groups in total. The number of carbonyl (C=O) groups excluding carboxylic acids is 2. The highest BCUT2D eigenvalue weighted by molar-refractivity contribution is 6.37. The van der Waals surface area contributed by atoms with Gasteiger partial charge in [0.15, 0.2) is 0 Å². The van der Waals surface area contributed by atoms with Gasteiger partial charge in [-0.15, -0.1) is 0 Å². The molecule has 0 aliphatic heterocycles. The van der Waals surface area contributed by atoms with Crippen LogP contribution in [0.25, 0.3) is 0 Å². The van der Waals surface area contributed by atoms with Crippen molar-refractivity contribution >= 4 is 17.7 Å². The fourth-order valence-corrected chi connectivity index (χ4v) is 1.30. The standard InChI is InChI=1S/C13H19N3O6/c1-3-21-13(18)12(17)16-10-8-11(15-9-14-10)22-7-6-20-5-4-19-2/h8-9H,3-7H2,1-2H3,(H,14,15,16,17). The third-order valence-electron chi connectivity index (χ3n) is 2.25. The van der Waals surface area contributed by atoms with Gasteiger partial charge in [-0.05, 0) is 6.92 Å². The lowest BCUT2D eigenvalue weighted by Gasteiger charge is -2.07. The van der Waals surface area contributed by atoms with Crippen LogP contribution in [0.3, 0.4) is 0 Å². The largest absolute Gasteiger partial charge is 0.475 e. The van der Waals surface area contributed by atoms with Gasteiger partial charge in [0.1, 0.15) is 18.8 Å². The molecular formula is C13H19N3O6. The zero-order valence-electron chi connectivity index (χ0n) is 12.5. The average molecular weight is 313 g/mol. The first kappa shape index (κ1) is 17.8. The quantitative estimate of drug-likeness (QED) is 0.386. The van der Waals surface area contributed by atoms with Crippen LogP contribution in [0.15, 0.2) is 12.4 Å². The topological polar surface area (TPSA) is 109 Å². The van der Waals surface area contributed by atoms with Gasteiger partial charge >= 0.3 is 11.9 Å². The van der Waals surface area contributed by atoms with Crippen molar-refractivity contribution in [1.82, 2.24) is 9.97 Å². The normalized spacial score (nSPS) is 10.1. The molecule has 1 aromatic rings. The van der Waals surface area contributed by atoms with Crippen LogP contribution in [0.4, 0.5) is 5.82 Å². The van der Waals surface area contributed by atoms with Crippen LogP contribution in [0.1, 0.15) is 6.92 Å². The maximum Gasteiger partial charge on any atom is 0.397 e. The second kappa shape index (κ2) is 10.5. The molecule has 0 saturated carbocycles. The first-order valence-corrected chi connectivity index (χ1v) is 6.67. The van der Waals surface area contributed by atoms with Crippen LogP contribution < -0.4 is 10.1 Å². The SMILES string of the molecule is CCOC(=O)C(=O)Nc1cc(OCCOCCOC)ncn1. The van der Waals surface area contributed by atoms with E-state index in [-0.39, 0.29) is 24.9 Å². The maximum atomic E-state index is 11.5. The monoisotopic (exact) mass is 313 g/mol. The molecule has 9 nitrogen and oxygen atoms in total. The van der Waals surface area contributed by atoms with Gasteiger partial charge in [0.25, 0.3) is 0 Å². The van der Waals surface area contributed by atoms with Crippen LogP contribution in [0.5, 0.6) is 5.88 Å². The third kappa shape index (κ3) is 6.95. The number of nitrogens with one attached hydrogen (secondary N) is 1. The van der Waals surface area contributed by atoms with E-state index in [9.17, 15) is 9.59 Å². The fraction of sp³-hybridized carbons (Fsp3) is 0.538. The van der Waals surface area contributed by atoms with Gasteiger partial charge in [0.05, 0.1) is 26.4 Å². The van der Waals surface area contributed by atoms with Crippen LogP contribution >= 0.6 is 0 Å². The van der Waals surface area contributed by atoms with Crippen LogP contribution in [-0.4, -0.2) is 62.0 Å². The van der Waals surface area contributed by atoms with E-state index in [1.54, 1.807) is 14.0 Å². The highest BCUT2D eigenvalue weighted by Crippen LogP contribution is 2.10. The van der Waals surface area contributed by atoms with E-state index in [1.165, 1.54) is 12.4 Å². The Hall–Kier alpha value is -2.26. The number of hydrogen-bond donors (Lipinski definition) is 1. The van der Waals surface area contributed by atoms with Crippen LogP contribution in [0, 0.1) is 0 Å². The number of carbonyl (C=O) groups is 2. The Morgan fingerprint density at radius 2 is 1.95 bits per heavy atom. The van der Waals surface area contributed by atoms with Crippen molar-refractivity contribution in [3.05, 3.63) is 12.4 Å². The van der Waals surface area contributed by atoms with Crippen LogP contribution in [-0.2, 0) is 23.8 Å². The summed E-state index contributed by atoms with van der Waals surface area (Å²) < 4.78 is 20.0. The van der Waals surface area contributed by atoms with Gasteiger partial charge in [0.2, 0.25) is 5.88 Å². The number of hydrogen-bond acceptors (Lipinski definition) is 8. The molecule has 0 spiro atoms. The molecule has 0 saturated heterocycles. The first-order chi connectivity index (χ1) is 10.7. The predicted molar refractivity (Wildman–Crippen MR) is 75.5 cm³/mol. The number of rotatable bonds is 9. The highest BCUT2D eigenvalue weighted by atomic mass is 16.5. The Labute approximate surface area is 127 Å². The van der Waals surface area contributed by atoms with E-state index < -0.39 is 11.9 Å². The van der Waals surface area contributed by atoms with Gasteiger partial charge < -0.3 is 24.3 Å². The lowest BCUT2D eigenvalue weighted by molar-refractivity contribution is -0.152. The van der Waals surface area contributed by atoms with E-state index in [4.69, 9.17) is 14.2 Å². The van der Waals surface area contributed by atoms with Gasteiger partial charge in [-0.3, -0.25) is 4.79 Å². The molecular weight excluding hydrogens is 294 g/mol. The predicted octanol–water partition coefficient (Wildman–Crippen LogP) is 0.0200. The second-order valence-electron chi connectivity index (χ2n) is 3.87. The molecule has 1 aromatic heterocycles. The average Bonchev–Trinajstić information content (AvgIpc) is 2.51.